The number of para-hydroxylation sites is 1. The van der Waals surface area contributed by atoms with Gasteiger partial charge in [-0.1, -0.05) is 29.8 Å². The van der Waals surface area contributed by atoms with Crippen LogP contribution in [-0.2, 0) is 11.2 Å². The van der Waals surface area contributed by atoms with Crippen LogP contribution in [0, 0.1) is 5.92 Å². The number of rotatable bonds is 4. The minimum atomic E-state index is -0.0970. The number of anilines is 2. The number of carbonyl (C=O) groups is 1. The van der Waals surface area contributed by atoms with Gasteiger partial charge in [-0.05, 0) is 50.1 Å². The number of fused-ring (bicyclic) bond motifs is 3. The topological polar surface area (TPSA) is 44.8 Å². The van der Waals surface area contributed by atoms with Gasteiger partial charge in [-0.2, -0.15) is 0 Å². The number of carbonyl (C=O) groups excluding carboxylic acids is 1. The van der Waals surface area contributed by atoms with E-state index in [2.05, 4.69) is 39.4 Å². The van der Waals surface area contributed by atoms with Crippen molar-refractivity contribution in [3.05, 3.63) is 53.1 Å². The normalized spacial score (nSPS) is 20.9. The van der Waals surface area contributed by atoms with Crippen LogP contribution in [0.2, 0.25) is 5.02 Å². The van der Waals surface area contributed by atoms with E-state index in [1.54, 1.807) is 7.11 Å². The summed E-state index contributed by atoms with van der Waals surface area (Å²) in [7, 11) is 1.68. The maximum absolute atomic E-state index is 13.1. The molecule has 0 spiro atoms. The molecule has 6 heteroatoms. The van der Waals surface area contributed by atoms with Gasteiger partial charge >= 0.3 is 0 Å². The summed E-state index contributed by atoms with van der Waals surface area (Å²) in [6.45, 7) is 6.47. The van der Waals surface area contributed by atoms with Crippen LogP contribution >= 0.6 is 11.6 Å². The van der Waals surface area contributed by atoms with E-state index in [1.807, 2.05) is 32.0 Å². The Morgan fingerprint density at radius 1 is 1.17 bits per heavy atom. The maximum atomic E-state index is 13.1. The van der Waals surface area contributed by atoms with Crippen molar-refractivity contribution in [1.29, 1.82) is 0 Å². The van der Waals surface area contributed by atoms with E-state index < -0.39 is 0 Å². The van der Waals surface area contributed by atoms with Crippen molar-refractivity contribution in [3.8, 4) is 5.75 Å². The molecule has 0 aromatic heterocycles. The van der Waals surface area contributed by atoms with E-state index in [-0.39, 0.29) is 23.9 Å². The summed E-state index contributed by atoms with van der Waals surface area (Å²) in [5.41, 5.74) is 3.49. The Hall–Kier alpha value is -2.40. The average Bonchev–Trinajstić information content (AvgIpc) is 2.72. The summed E-state index contributed by atoms with van der Waals surface area (Å²) in [6.07, 6.45) is 0.760. The van der Waals surface area contributed by atoms with E-state index >= 15 is 0 Å². The third-order valence-corrected chi connectivity index (χ3v) is 6.11. The van der Waals surface area contributed by atoms with Crippen LogP contribution in [0.3, 0.4) is 0 Å². The van der Waals surface area contributed by atoms with Crippen LogP contribution in [0.5, 0.6) is 5.75 Å². The van der Waals surface area contributed by atoms with Gasteiger partial charge in [0.05, 0.1) is 24.8 Å². The van der Waals surface area contributed by atoms with E-state index in [0.717, 1.165) is 37.5 Å². The molecule has 0 bridgehead atoms. The fourth-order valence-corrected chi connectivity index (χ4v) is 4.74. The second-order valence-electron chi connectivity index (χ2n) is 8.13. The highest BCUT2D eigenvalue weighted by atomic mass is 35.5. The summed E-state index contributed by atoms with van der Waals surface area (Å²) in [5, 5.41) is 3.82. The summed E-state index contributed by atoms with van der Waals surface area (Å²) < 4.78 is 5.58. The summed E-state index contributed by atoms with van der Waals surface area (Å²) >= 11 is 6.28. The molecule has 1 amide bonds. The van der Waals surface area contributed by atoms with Gasteiger partial charge < -0.3 is 19.9 Å². The van der Waals surface area contributed by atoms with Gasteiger partial charge in [0.15, 0.2) is 0 Å². The van der Waals surface area contributed by atoms with E-state index in [4.69, 9.17) is 16.3 Å². The molecule has 1 N–H and O–H groups in total. The minimum absolute atomic E-state index is 0.0970. The third-order valence-electron chi connectivity index (χ3n) is 5.87. The molecule has 154 valence electrons. The number of hydrogen-bond acceptors (Lipinski definition) is 4. The number of hydrogen-bond donors (Lipinski definition) is 1. The number of piperazine rings is 1. The quantitative estimate of drug-likeness (QED) is 0.829. The Bertz CT molecular complexity index is 901. The molecule has 0 radical (unpaired) electrons. The molecule has 2 aliphatic heterocycles. The van der Waals surface area contributed by atoms with Crippen LogP contribution in [0.25, 0.3) is 0 Å². The van der Waals surface area contributed by atoms with E-state index in [9.17, 15) is 4.79 Å². The van der Waals surface area contributed by atoms with Crippen LogP contribution in [0.4, 0.5) is 11.4 Å². The highest BCUT2D eigenvalue weighted by Gasteiger charge is 2.41. The lowest BCUT2D eigenvalue weighted by atomic mass is 9.83. The fraction of sp³-hybridized carbons (Fsp3) is 0.435. The molecular formula is C23H28ClN3O2. The number of amides is 1. The zero-order valence-electron chi connectivity index (χ0n) is 17.2. The van der Waals surface area contributed by atoms with Gasteiger partial charge in [-0.15, -0.1) is 0 Å². The molecular weight excluding hydrogens is 386 g/mol. The summed E-state index contributed by atoms with van der Waals surface area (Å²) in [4.78, 5) is 17.8. The standard InChI is InChI=1S/C23H28ClN3O2/c1-15(2)25-23(28)18-12-16-6-4-5-7-19(16)27-11-10-26(14-21(18)27)20-13-17(24)8-9-22(20)29-3/h4-9,13,15,18,21H,10-12,14H2,1-3H3,(H,25,28). The fourth-order valence-electron chi connectivity index (χ4n) is 4.58. The first-order valence-electron chi connectivity index (χ1n) is 10.2. The molecule has 1 fully saturated rings. The molecule has 1 saturated heterocycles. The smallest absolute Gasteiger partial charge is 0.225 e. The van der Waals surface area contributed by atoms with Crippen molar-refractivity contribution in [3.63, 3.8) is 0 Å². The molecule has 0 saturated carbocycles. The van der Waals surface area contributed by atoms with Gasteiger partial charge in [0.1, 0.15) is 5.75 Å². The predicted octanol–water partition coefficient (Wildman–Crippen LogP) is 3.74. The SMILES string of the molecule is COc1ccc(Cl)cc1N1CCN2c3ccccc3CC(C(=O)NC(C)C)C2C1. The predicted molar refractivity (Wildman–Crippen MR) is 118 cm³/mol. The first-order valence-corrected chi connectivity index (χ1v) is 10.6. The van der Waals surface area contributed by atoms with E-state index in [1.165, 1.54) is 11.3 Å². The lowest BCUT2D eigenvalue weighted by Gasteiger charge is -2.49. The van der Waals surface area contributed by atoms with Gasteiger partial charge in [0.2, 0.25) is 5.91 Å². The zero-order chi connectivity index (χ0) is 20.5. The minimum Gasteiger partial charge on any atom is -0.495 e. The molecule has 2 atom stereocenters. The van der Waals surface area contributed by atoms with Crippen molar-refractivity contribution < 1.29 is 9.53 Å². The average molecular weight is 414 g/mol. The molecule has 2 aliphatic rings. The molecule has 4 rings (SSSR count). The lowest BCUT2D eigenvalue weighted by molar-refractivity contribution is -0.126. The Morgan fingerprint density at radius 2 is 1.97 bits per heavy atom. The van der Waals surface area contributed by atoms with Crippen molar-refractivity contribution in [1.82, 2.24) is 5.32 Å². The molecule has 2 aromatic rings. The molecule has 2 aromatic carbocycles. The molecule has 0 aliphatic carbocycles. The second kappa shape index (κ2) is 8.15. The van der Waals surface area contributed by atoms with Crippen LogP contribution < -0.4 is 19.9 Å². The van der Waals surface area contributed by atoms with Gasteiger partial charge in [0.25, 0.3) is 0 Å². The van der Waals surface area contributed by atoms with Gasteiger partial charge in [-0.3, -0.25) is 4.79 Å². The number of halogens is 1. The Balaban J connectivity index is 1.68. The third kappa shape index (κ3) is 3.88. The number of nitrogens with one attached hydrogen (secondary N) is 1. The highest BCUT2D eigenvalue weighted by Crippen LogP contribution is 2.39. The first-order chi connectivity index (χ1) is 14.0. The number of nitrogens with zero attached hydrogens (tertiary/aromatic N) is 2. The lowest BCUT2D eigenvalue weighted by Crippen LogP contribution is -2.61. The molecule has 2 unspecified atom stereocenters. The molecule has 2 heterocycles. The van der Waals surface area contributed by atoms with Crippen LogP contribution in [-0.4, -0.2) is 44.7 Å². The molecule has 5 nitrogen and oxygen atoms in total. The van der Waals surface area contributed by atoms with Crippen molar-refractivity contribution in [2.45, 2.75) is 32.4 Å². The summed E-state index contributed by atoms with van der Waals surface area (Å²) in [5.74, 6) is 0.840. The van der Waals surface area contributed by atoms with Crippen molar-refractivity contribution >= 4 is 28.9 Å². The number of benzene rings is 2. The first kappa shape index (κ1) is 19.9. The highest BCUT2D eigenvalue weighted by molar-refractivity contribution is 6.30. The Labute approximate surface area is 177 Å². The van der Waals surface area contributed by atoms with E-state index in [0.29, 0.717) is 5.02 Å². The van der Waals surface area contributed by atoms with Crippen molar-refractivity contribution in [2.75, 3.05) is 36.5 Å². The number of ether oxygens (including phenoxy) is 1. The van der Waals surface area contributed by atoms with Gasteiger partial charge in [-0.25, -0.2) is 0 Å². The summed E-state index contributed by atoms with van der Waals surface area (Å²) in [6, 6.07) is 14.4. The monoisotopic (exact) mass is 413 g/mol. The number of methoxy groups -OCH3 is 1. The van der Waals surface area contributed by atoms with Gasteiger partial charge in [0, 0.05) is 36.4 Å². The van der Waals surface area contributed by atoms with Crippen molar-refractivity contribution in [2.24, 2.45) is 5.92 Å². The Morgan fingerprint density at radius 3 is 2.72 bits per heavy atom. The van der Waals surface area contributed by atoms with Crippen LogP contribution in [0.15, 0.2) is 42.5 Å². The maximum Gasteiger partial charge on any atom is 0.225 e. The zero-order valence-corrected chi connectivity index (χ0v) is 17.9. The van der Waals surface area contributed by atoms with Crippen LogP contribution in [0.1, 0.15) is 19.4 Å². The second-order valence-corrected chi connectivity index (χ2v) is 8.56. The largest absolute Gasteiger partial charge is 0.495 e. The molecule has 29 heavy (non-hydrogen) atoms. The Kier molecular flexibility index (Phi) is 5.59.